The minimum absolute atomic E-state index is 0.208. The Morgan fingerprint density at radius 3 is 2.23 bits per heavy atom. The Bertz CT molecular complexity index is 735. The molecule has 26 heavy (non-hydrogen) atoms. The van der Waals surface area contributed by atoms with Crippen molar-refractivity contribution in [3.05, 3.63) is 71.3 Å². The van der Waals surface area contributed by atoms with Crippen LogP contribution in [0.2, 0.25) is 0 Å². The minimum atomic E-state index is -0.840. The topological polar surface area (TPSA) is 29.5 Å². The summed E-state index contributed by atoms with van der Waals surface area (Å²) >= 11 is 0. The fourth-order valence-corrected chi connectivity index (χ4v) is 3.41. The van der Waals surface area contributed by atoms with Crippen LogP contribution < -0.4 is 0 Å². The summed E-state index contributed by atoms with van der Waals surface area (Å²) < 4.78 is 33.2. The van der Waals surface area contributed by atoms with Crippen LogP contribution in [0.3, 0.4) is 0 Å². The van der Waals surface area contributed by atoms with Gasteiger partial charge >= 0.3 is 5.97 Å². The highest BCUT2D eigenvalue weighted by Crippen LogP contribution is 2.31. The normalized spacial score (nSPS) is 21.0. The van der Waals surface area contributed by atoms with Crippen LogP contribution in [-0.2, 0) is 9.53 Å². The molecule has 3 nitrogen and oxygen atoms in total. The predicted molar refractivity (Wildman–Crippen MR) is 95.5 cm³/mol. The fourth-order valence-electron chi connectivity index (χ4n) is 3.41. The summed E-state index contributed by atoms with van der Waals surface area (Å²) in [7, 11) is 1.97. The van der Waals surface area contributed by atoms with Gasteiger partial charge in [0, 0.05) is 6.54 Å². The molecule has 0 N–H and O–H groups in total. The molecule has 5 heteroatoms. The maximum atomic E-state index is 13.7. The van der Waals surface area contributed by atoms with Crippen LogP contribution in [0.1, 0.15) is 30.6 Å². The quantitative estimate of drug-likeness (QED) is 0.767. The van der Waals surface area contributed by atoms with Gasteiger partial charge in [-0.15, -0.1) is 0 Å². The Hall–Kier alpha value is -2.27. The minimum Gasteiger partial charge on any atom is -0.452 e. The average Bonchev–Trinajstić information content (AvgIpc) is 2.61. The highest BCUT2D eigenvalue weighted by molar-refractivity contribution is 5.74. The van der Waals surface area contributed by atoms with Crippen molar-refractivity contribution in [3.8, 4) is 0 Å². The van der Waals surface area contributed by atoms with Gasteiger partial charge in [0.15, 0.2) is 6.10 Å². The Morgan fingerprint density at radius 1 is 1.12 bits per heavy atom. The maximum absolute atomic E-state index is 13.7. The third kappa shape index (κ3) is 4.28. The van der Waals surface area contributed by atoms with E-state index in [4.69, 9.17) is 4.74 Å². The van der Waals surface area contributed by atoms with Gasteiger partial charge in [-0.1, -0.05) is 31.2 Å². The first-order valence-electron chi connectivity index (χ1n) is 8.84. The van der Waals surface area contributed by atoms with Crippen molar-refractivity contribution in [2.24, 2.45) is 11.8 Å². The van der Waals surface area contributed by atoms with E-state index < -0.39 is 17.7 Å². The Morgan fingerprint density at radius 2 is 1.69 bits per heavy atom. The molecule has 0 spiro atoms. The van der Waals surface area contributed by atoms with Crippen LogP contribution in [0, 0.1) is 23.5 Å². The van der Waals surface area contributed by atoms with E-state index in [0.717, 1.165) is 13.0 Å². The molecule has 2 aromatic rings. The van der Waals surface area contributed by atoms with Crippen molar-refractivity contribution in [1.82, 2.24) is 4.90 Å². The first kappa shape index (κ1) is 18.5. The van der Waals surface area contributed by atoms with Gasteiger partial charge in [-0.3, -0.25) is 4.79 Å². The van der Waals surface area contributed by atoms with Gasteiger partial charge < -0.3 is 9.64 Å². The van der Waals surface area contributed by atoms with Crippen LogP contribution in [0.4, 0.5) is 8.78 Å². The molecule has 0 saturated carbocycles. The van der Waals surface area contributed by atoms with Gasteiger partial charge in [-0.25, -0.2) is 8.78 Å². The summed E-state index contributed by atoms with van der Waals surface area (Å²) in [5.74, 6) is -1.23. The predicted octanol–water partition coefficient (Wildman–Crippen LogP) is 4.19. The van der Waals surface area contributed by atoms with E-state index in [9.17, 15) is 13.6 Å². The number of hydrogen-bond acceptors (Lipinski definition) is 3. The van der Waals surface area contributed by atoms with E-state index in [0.29, 0.717) is 17.7 Å². The van der Waals surface area contributed by atoms with Crippen LogP contribution in [0.15, 0.2) is 48.5 Å². The highest BCUT2D eigenvalue weighted by atomic mass is 19.1. The second-order valence-electron chi connectivity index (χ2n) is 7.06. The largest absolute Gasteiger partial charge is 0.452 e. The lowest BCUT2D eigenvalue weighted by Gasteiger charge is -2.34. The molecule has 3 rings (SSSR count). The van der Waals surface area contributed by atoms with Crippen LogP contribution in [-0.4, -0.2) is 31.0 Å². The van der Waals surface area contributed by atoms with Gasteiger partial charge in [0.05, 0.1) is 5.92 Å². The van der Waals surface area contributed by atoms with E-state index in [1.165, 1.54) is 24.3 Å². The number of ether oxygens (including phenoxy) is 1. The molecule has 0 aromatic heterocycles. The van der Waals surface area contributed by atoms with Crippen molar-refractivity contribution >= 4 is 5.97 Å². The zero-order valence-electron chi connectivity index (χ0n) is 15.0. The molecule has 0 amide bonds. The summed E-state index contributed by atoms with van der Waals surface area (Å²) in [6, 6.07) is 11.8. The number of halogens is 2. The molecule has 1 heterocycles. The number of likely N-dealkylation sites (tertiary alicyclic amines) is 1. The van der Waals surface area contributed by atoms with Crippen molar-refractivity contribution in [2.75, 3.05) is 20.1 Å². The first-order valence-corrected chi connectivity index (χ1v) is 8.84. The second-order valence-corrected chi connectivity index (χ2v) is 7.06. The molecule has 2 aromatic carbocycles. The lowest BCUT2D eigenvalue weighted by Crippen LogP contribution is -2.42. The molecule has 1 aliphatic rings. The summed E-state index contributed by atoms with van der Waals surface area (Å²) in [5.41, 5.74) is 0.974. The second kappa shape index (κ2) is 7.96. The van der Waals surface area contributed by atoms with Crippen molar-refractivity contribution in [1.29, 1.82) is 0 Å². The number of carbonyl (C=O) groups is 1. The number of rotatable bonds is 4. The average molecular weight is 359 g/mol. The summed E-state index contributed by atoms with van der Waals surface area (Å²) in [5, 5.41) is 0. The molecular weight excluding hydrogens is 336 g/mol. The van der Waals surface area contributed by atoms with Crippen LogP contribution >= 0.6 is 0 Å². The lowest BCUT2D eigenvalue weighted by atomic mass is 9.87. The van der Waals surface area contributed by atoms with Gasteiger partial charge in [-0.05, 0) is 61.3 Å². The van der Waals surface area contributed by atoms with Gasteiger partial charge in [0.1, 0.15) is 11.6 Å². The number of nitrogens with zero attached hydrogens (tertiary/aromatic N) is 1. The SMILES string of the molecule is CC1CCN(C)CC1C(=O)OC(c1cccc(F)c1)c1cccc(F)c1. The number of carbonyl (C=O) groups excluding carboxylic acids is 1. The molecule has 1 fully saturated rings. The zero-order chi connectivity index (χ0) is 18.7. The Balaban J connectivity index is 1.89. The molecule has 1 aliphatic heterocycles. The molecule has 2 atom stereocenters. The molecule has 2 unspecified atom stereocenters. The number of hydrogen-bond donors (Lipinski definition) is 0. The first-order chi connectivity index (χ1) is 12.4. The summed E-state index contributed by atoms with van der Waals surface area (Å²) in [6.45, 7) is 3.61. The third-order valence-electron chi connectivity index (χ3n) is 5.00. The fraction of sp³-hybridized carbons (Fsp3) is 0.381. The van der Waals surface area contributed by atoms with Crippen molar-refractivity contribution < 1.29 is 18.3 Å². The molecule has 1 saturated heterocycles. The zero-order valence-corrected chi connectivity index (χ0v) is 15.0. The van der Waals surface area contributed by atoms with Gasteiger partial charge in [0.25, 0.3) is 0 Å². The van der Waals surface area contributed by atoms with Gasteiger partial charge in [-0.2, -0.15) is 0 Å². The van der Waals surface area contributed by atoms with Crippen molar-refractivity contribution in [2.45, 2.75) is 19.4 Å². The standard InChI is InChI=1S/C21H23F2NO2/c1-14-9-10-24(2)13-19(14)21(25)26-20(15-5-3-7-17(22)11-15)16-6-4-8-18(23)12-16/h3-8,11-12,14,19-20H,9-10,13H2,1-2H3. The molecule has 0 radical (unpaired) electrons. The smallest absolute Gasteiger partial charge is 0.311 e. The van der Waals surface area contributed by atoms with E-state index in [2.05, 4.69) is 4.90 Å². The molecule has 0 bridgehead atoms. The van der Waals surface area contributed by atoms with E-state index in [1.54, 1.807) is 24.3 Å². The van der Waals surface area contributed by atoms with Crippen LogP contribution in [0.5, 0.6) is 0 Å². The van der Waals surface area contributed by atoms with Crippen molar-refractivity contribution in [3.63, 3.8) is 0 Å². The van der Waals surface area contributed by atoms with E-state index in [1.807, 2.05) is 14.0 Å². The lowest BCUT2D eigenvalue weighted by molar-refractivity contribution is -0.156. The Labute approximate surface area is 152 Å². The summed E-state index contributed by atoms with van der Waals surface area (Å²) in [6.07, 6.45) is 0.0780. The number of benzene rings is 2. The molecule has 138 valence electrons. The third-order valence-corrected chi connectivity index (χ3v) is 5.00. The maximum Gasteiger partial charge on any atom is 0.311 e. The van der Waals surface area contributed by atoms with Crippen LogP contribution in [0.25, 0.3) is 0 Å². The monoisotopic (exact) mass is 359 g/mol. The Kier molecular flexibility index (Phi) is 5.67. The number of piperidine rings is 1. The highest BCUT2D eigenvalue weighted by Gasteiger charge is 2.33. The number of esters is 1. The van der Waals surface area contributed by atoms with E-state index >= 15 is 0 Å². The molecular formula is C21H23F2NO2. The van der Waals surface area contributed by atoms with Gasteiger partial charge in [0.2, 0.25) is 0 Å². The molecule has 0 aliphatic carbocycles. The summed E-state index contributed by atoms with van der Waals surface area (Å²) in [4.78, 5) is 14.9. The van der Waals surface area contributed by atoms with E-state index in [-0.39, 0.29) is 17.8 Å².